The van der Waals surface area contributed by atoms with Crippen molar-refractivity contribution < 1.29 is 29.1 Å². The molecule has 0 saturated carbocycles. The van der Waals surface area contributed by atoms with E-state index >= 15 is 0 Å². The van der Waals surface area contributed by atoms with Crippen LogP contribution in [0, 0.1) is 10.1 Å². The molecule has 0 saturated heterocycles. The van der Waals surface area contributed by atoms with Gasteiger partial charge in [0.15, 0.2) is 0 Å². The average Bonchev–Trinajstić information content (AvgIpc) is 2.67. The Bertz CT molecular complexity index is 1030. The SMILES string of the molecule is CC(C)(C)OC(=O)N[C@]1(C(=O)O)CCc2cccc(Oc3ccccc3[N+](=O)[O-])c2C1. The third-order valence-corrected chi connectivity index (χ3v) is 4.96. The number of benzene rings is 2. The third kappa shape index (κ3) is 4.93. The number of hydrogen-bond acceptors (Lipinski definition) is 6. The van der Waals surface area contributed by atoms with Crippen LogP contribution in [0.1, 0.15) is 38.3 Å². The van der Waals surface area contributed by atoms with Gasteiger partial charge in [-0.1, -0.05) is 24.3 Å². The van der Waals surface area contributed by atoms with Crippen LogP contribution in [-0.4, -0.2) is 33.2 Å². The Kier molecular flexibility index (Phi) is 5.88. The van der Waals surface area contributed by atoms with Crippen LogP contribution in [0.3, 0.4) is 0 Å². The maximum Gasteiger partial charge on any atom is 0.408 e. The van der Waals surface area contributed by atoms with Crippen LogP contribution in [0.4, 0.5) is 10.5 Å². The maximum absolute atomic E-state index is 12.3. The number of carbonyl (C=O) groups excluding carboxylic acids is 1. The first-order valence-corrected chi connectivity index (χ1v) is 9.77. The van der Waals surface area contributed by atoms with E-state index in [0.717, 1.165) is 5.56 Å². The Morgan fingerprint density at radius 2 is 1.81 bits per heavy atom. The highest BCUT2D eigenvalue weighted by Crippen LogP contribution is 2.39. The molecular weight excluding hydrogens is 404 g/mol. The lowest BCUT2D eigenvalue weighted by Gasteiger charge is -2.36. The number of nitrogens with one attached hydrogen (secondary N) is 1. The minimum absolute atomic E-state index is 0.0479. The second-order valence-electron chi connectivity index (χ2n) is 8.41. The Morgan fingerprint density at radius 3 is 2.45 bits per heavy atom. The molecule has 1 aliphatic rings. The normalized spacial score (nSPS) is 17.9. The molecule has 1 amide bonds. The van der Waals surface area contributed by atoms with Crippen molar-refractivity contribution in [3.63, 3.8) is 0 Å². The topological polar surface area (TPSA) is 128 Å². The number of fused-ring (bicyclic) bond motifs is 1. The number of carbonyl (C=O) groups is 2. The zero-order chi connectivity index (χ0) is 22.8. The first kappa shape index (κ1) is 22.1. The van der Waals surface area contributed by atoms with Gasteiger partial charge < -0.3 is 19.9 Å². The largest absolute Gasteiger partial charge is 0.479 e. The van der Waals surface area contributed by atoms with Crippen LogP contribution in [0.15, 0.2) is 42.5 Å². The molecule has 31 heavy (non-hydrogen) atoms. The van der Waals surface area contributed by atoms with Gasteiger partial charge in [0.1, 0.15) is 16.9 Å². The molecule has 1 atom stereocenters. The number of carboxylic acid groups (broad SMARTS) is 1. The third-order valence-electron chi connectivity index (χ3n) is 4.96. The fourth-order valence-corrected chi connectivity index (χ4v) is 3.53. The van der Waals surface area contributed by atoms with Crippen LogP contribution >= 0.6 is 0 Å². The van der Waals surface area contributed by atoms with Gasteiger partial charge in [0.2, 0.25) is 5.75 Å². The van der Waals surface area contributed by atoms with E-state index in [9.17, 15) is 24.8 Å². The number of aryl methyl sites for hydroxylation is 1. The van der Waals surface area contributed by atoms with Crippen molar-refractivity contribution in [2.75, 3.05) is 0 Å². The molecule has 0 radical (unpaired) electrons. The van der Waals surface area contributed by atoms with Crippen molar-refractivity contribution in [3.8, 4) is 11.5 Å². The zero-order valence-electron chi connectivity index (χ0n) is 17.5. The summed E-state index contributed by atoms with van der Waals surface area (Å²) in [5, 5.41) is 23.8. The van der Waals surface area contributed by atoms with Crippen molar-refractivity contribution in [2.24, 2.45) is 0 Å². The van der Waals surface area contributed by atoms with Crippen molar-refractivity contribution in [3.05, 3.63) is 63.7 Å². The quantitative estimate of drug-likeness (QED) is 0.539. The smallest absolute Gasteiger partial charge is 0.408 e. The summed E-state index contributed by atoms with van der Waals surface area (Å²) in [5.41, 5.74) is -1.13. The second kappa shape index (κ2) is 8.25. The summed E-state index contributed by atoms with van der Waals surface area (Å²) < 4.78 is 11.1. The highest BCUT2D eigenvalue weighted by atomic mass is 16.6. The summed E-state index contributed by atoms with van der Waals surface area (Å²) in [5.74, 6) is -0.833. The molecule has 2 aromatic rings. The van der Waals surface area contributed by atoms with E-state index in [0.29, 0.717) is 17.7 Å². The molecule has 0 aromatic heterocycles. The fraction of sp³-hybridized carbons (Fsp3) is 0.364. The Balaban J connectivity index is 1.95. The highest BCUT2D eigenvalue weighted by molar-refractivity contribution is 5.85. The maximum atomic E-state index is 12.3. The van der Waals surface area contributed by atoms with Crippen LogP contribution in [0.2, 0.25) is 0 Å². The number of para-hydroxylation sites is 2. The highest BCUT2D eigenvalue weighted by Gasteiger charge is 2.45. The Hall–Kier alpha value is -3.62. The van der Waals surface area contributed by atoms with Gasteiger partial charge in [0, 0.05) is 18.1 Å². The van der Waals surface area contributed by atoms with Gasteiger partial charge in [0.25, 0.3) is 0 Å². The number of aliphatic carboxylic acids is 1. The lowest BCUT2D eigenvalue weighted by Crippen LogP contribution is -2.58. The van der Waals surface area contributed by atoms with Crippen LogP contribution in [-0.2, 0) is 22.4 Å². The van der Waals surface area contributed by atoms with Crippen molar-refractivity contribution in [1.29, 1.82) is 0 Å². The fourth-order valence-electron chi connectivity index (χ4n) is 3.53. The molecule has 2 N–H and O–H groups in total. The Labute approximate surface area is 179 Å². The van der Waals surface area contributed by atoms with Gasteiger partial charge in [-0.2, -0.15) is 0 Å². The number of ether oxygens (including phenoxy) is 2. The van der Waals surface area contributed by atoms with E-state index in [4.69, 9.17) is 9.47 Å². The van der Waals surface area contributed by atoms with Crippen LogP contribution in [0.25, 0.3) is 0 Å². The van der Waals surface area contributed by atoms with Gasteiger partial charge in [-0.15, -0.1) is 0 Å². The molecule has 0 spiro atoms. The molecular formula is C22H24N2O7. The average molecular weight is 428 g/mol. The lowest BCUT2D eigenvalue weighted by atomic mass is 9.77. The first-order valence-electron chi connectivity index (χ1n) is 9.77. The second-order valence-corrected chi connectivity index (χ2v) is 8.41. The summed E-state index contributed by atoms with van der Waals surface area (Å²) in [4.78, 5) is 35.3. The van der Waals surface area contributed by atoms with Crippen LogP contribution < -0.4 is 10.1 Å². The summed E-state index contributed by atoms with van der Waals surface area (Å²) in [6.07, 6.45) is -0.321. The molecule has 0 bridgehead atoms. The molecule has 0 fully saturated rings. The molecule has 9 nitrogen and oxygen atoms in total. The molecule has 3 rings (SSSR count). The minimum atomic E-state index is -1.59. The summed E-state index contributed by atoms with van der Waals surface area (Å²) in [6, 6.07) is 11.2. The van der Waals surface area contributed by atoms with Crippen molar-refractivity contribution in [2.45, 2.75) is 51.2 Å². The van der Waals surface area contributed by atoms with E-state index in [2.05, 4.69) is 5.32 Å². The molecule has 0 unspecified atom stereocenters. The van der Waals surface area contributed by atoms with E-state index < -0.39 is 28.1 Å². The van der Waals surface area contributed by atoms with E-state index in [1.165, 1.54) is 18.2 Å². The lowest BCUT2D eigenvalue weighted by molar-refractivity contribution is -0.385. The van der Waals surface area contributed by atoms with Gasteiger partial charge in [-0.25, -0.2) is 9.59 Å². The number of amides is 1. The van der Waals surface area contributed by atoms with Gasteiger partial charge in [-0.3, -0.25) is 10.1 Å². The summed E-state index contributed by atoms with van der Waals surface area (Å²) >= 11 is 0. The molecule has 0 heterocycles. The van der Waals surface area contributed by atoms with E-state index in [1.54, 1.807) is 39.0 Å². The van der Waals surface area contributed by atoms with Gasteiger partial charge in [-0.05, 0) is 51.3 Å². The van der Waals surface area contributed by atoms with Crippen molar-refractivity contribution >= 4 is 17.7 Å². The number of hydrogen-bond donors (Lipinski definition) is 2. The molecule has 0 aliphatic heterocycles. The number of rotatable bonds is 5. The number of carboxylic acids is 1. The summed E-state index contributed by atoms with van der Waals surface area (Å²) in [6.45, 7) is 5.07. The number of nitro benzene ring substituents is 1. The standard InChI is InChI=1S/C22H24N2O7/c1-21(2,3)31-20(27)23-22(19(25)26)12-11-14-7-6-10-17(15(14)13-22)30-18-9-5-4-8-16(18)24(28)29/h4-10H,11-13H2,1-3H3,(H,23,27)(H,25,26)/t22-/m1/s1. The molecule has 9 heteroatoms. The zero-order valence-corrected chi connectivity index (χ0v) is 17.5. The predicted octanol–water partition coefficient (Wildman–Crippen LogP) is 4.22. The first-order chi connectivity index (χ1) is 14.5. The molecule has 2 aromatic carbocycles. The Morgan fingerprint density at radius 1 is 1.13 bits per heavy atom. The monoisotopic (exact) mass is 428 g/mol. The number of nitro groups is 1. The van der Waals surface area contributed by atoms with E-state index in [-0.39, 0.29) is 24.3 Å². The van der Waals surface area contributed by atoms with Crippen LogP contribution in [0.5, 0.6) is 11.5 Å². The van der Waals surface area contributed by atoms with Gasteiger partial charge >= 0.3 is 17.7 Å². The van der Waals surface area contributed by atoms with Crippen molar-refractivity contribution in [1.82, 2.24) is 5.32 Å². The number of alkyl carbamates (subject to hydrolysis) is 1. The molecule has 1 aliphatic carbocycles. The molecule has 164 valence electrons. The van der Waals surface area contributed by atoms with Gasteiger partial charge in [0.05, 0.1) is 4.92 Å². The minimum Gasteiger partial charge on any atom is -0.479 e. The van der Waals surface area contributed by atoms with E-state index in [1.807, 2.05) is 6.07 Å². The summed E-state index contributed by atoms with van der Waals surface area (Å²) in [7, 11) is 0. The number of nitrogens with zero attached hydrogens (tertiary/aromatic N) is 1. The predicted molar refractivity (Wildman–Crippen MR) is 111 cm³/mol.